The summed E-state index contributed by atoms with van der Waals surface area (Å²) in [5.41, 5.74) is 1.98. The number of halogens is 1. The first-order valence-electron chi connectivity index (χ1n) is 8.76. The Kier molecular flexibility index (Phi) is 6.28. The maximum atomic E-state index is 12.7. The summed E-state index contributed by atoms with van der Waals surface area (Å²) in [7, 11) is 0. The average molecular weight is 382 g/mol. The van der Waals surface area contributed by atoms with Crippen LogP contribution in [0.2, 0.25) is 5.02 Å². The number of hydrogen-bond acceptors (Lipinski definition) is 5. The first-order valence-corrected chi connectivity index (χ1v) is 9.95. The highest BCUT2D eigenvalue weighted by Crippen LogP contribution is 2.35. The molecule has 1 aromatic carbocycles. The number of ether oxygens (including phenoxy) is 1. The normalized spacial score (nSPS) is 15.6. The zero-order valence-corrected chi connectivity index (χ0v) is 16.3. The van der Waals surface area contributed by atoms with Crippen LogP contribution in [-0.4, -0.2) is 55.2 Å². The summed E-state index contributed by atoms with van der Waals surface area (Å²) in [6, 6.07) is 3.87. The summed E-state index contributed by atoms with van der Waals surface area (Å²) in [5.74, 6) is 0.128. The number of nitrogens with zero attached hydrogens (tertiary/aromatic N) is 3. The second kappa shape index (κ2) is 8.45. The summed E-state index contributed by atoms with van der Waals surface area (Å²) in [6.45, 7) is 8.89. The highest BCUT2D eigenvalue weighted by Gasteiger charge is 2.22. The molecule has 0 aliphatic carbocycles. The Hall–Kier alpha value is -1.21. The van der Waals surface area contributed by atoms with Crippen molar-refractivity contribution in [2.24, 2.45) is 0 Å². The van der Waals surface area contributed by atoms with E-state index in [2.05, 4.69) is 4.90 Å². The van der Waals surface area contributed by atoms with Gasteiger partial charge in [0.15, 0.2) is 5.13 Å². The molecule has 136 valence electrons. The van der Waals surface area contributed by atoms with E-state index in [1.165, 1.54) is 11.3 Å². The van der Waals surface area contributed by atoms with Gasteiger partial charge in [0.2, 0.25) is 5.91 Å². The Bertz CT molecular complexity index is 704. The van der Waals surface area contributed by atoms with E-state index in [1.54, 1.807) is 0 Å². The van der Waals surface area contributed by atoms with E-state index < -0.39 is 0 Å². The van der Waals surface area contributed by atoms with Gasteiger partial charge in [-0.1, -0.05) is 35.9 Å². The Morgan fingerprint density at radius 2 is 2.16 bits per heavy atom. The highest BCUT2D eigenvalue weighted by molar-refractivity contribution is 7.23. The van der Waals surface area contributed by atoms with E-state index in [9.17, 15) is 4.79 Å². The van der Waals surface area contributed by atoms with Crippen molar-refractivity contribution in [3.63, 3.8) is 0 Å². The molecule has 0 spiro atoms. The maximum Gasteiger partial charge on any atom is 0.228 e. The van der Waals surface area contributed by atoms with Crippen LogP contribution >= 0.6 is 22.9 Å². The van der Waals surface area contributed by atoms with Crippen LogP contribution in [0.25, 0.3) is 10.2 Å². The zero-order chi connectivity index (χ0) is 17.8. The largest absolute Gasteiger partial charge is 0.379 e. The van der Waals surface area contributed by atoms with E-state index in [4.69, 9.17) is 21.3 Å². The summed E-state index contributed by atoms with van der Waals surface area (Å²) < 4.78 is 6.35. The Balaban J connectivity index is 1.84. The van der Waals surface area contributed by atoms with Crippen molar-refractivity contribution >= 4 is 44.2 Å². The van der Waals surface area contributed by atoms with Gasteiger partial charge in [-0.2, -0.15) is 0 Å². The van der Waals surface area contributed by atoms with Crippen molar-refractivity contribution < 1.29 is 9.53 Å². The van der Waals surface area contributed by atoms with Crippen molar-refractivity contribution in [3.05, 3.63) is 22.7 Å². The van der Waals surface area contributed by atoms with Crippen molar-refractivity contribution in [1.29, 1.82) is 0 Å². The molecule has 1 aliphatic rings. The molecule has 2 heterocycles. The number of aryl methyl sites for hydroxylation is 1. The van der Waals surface area contributed by atoms with Crippen LogP contribution in [0.3, 0.4) is 0 Å². The second-order valence-electron chi connectivity index (χ2n) is 6.29. The maximum absolute atomic E-state index is 12.7. The number of amides is 1. The lowest BCUT2D eigenvalue weighted by atomic mass is 10.2. The van der Waals surface area contributed by atoms with Gasteiger partial charge < -0.3 is 4.74 Å². The molecule has 1 amide bonds. The van der Waals surface area contributed by atoms with Gasteiger partial charge in [-0.25, -0.2) is 4.98 Å². The predicted octanol–water partition coefficient (Wildman–Crippen LogP) is 3.72. The number of fused-ring (bicyclic) bond motifs is 1. The minimum absolute atomic E-state index is 0.128. The summed E-state index contributed by atoms with van der Waals surface area (Å²) >= 11 is 7.84. The monoisotopic (exact) mass is 381 g/mol. The molecule has 0 N–H and O–H groups in total. The summed E-state index contributed by atoms with van der Waals surface area (Å²) in [6.07, 6.45) is 1.36. The second-order valence-corrected chi connectivity index (χ2v) is 7.67. The molecular weight excluding hydrogens is 358 g/mol. The molecule has 0 saturated carbocycles. The van der Waals surface area contributed by atoms with Crippen LogP contribution in [0.1, 0.15) is 25.3 Å². The molecule has 0 bridgehead atoms. The smallest absolute Gasteiger partial charge is 0.228 e. The Labute approximate surface area is 157 Å². The van der Waals surface area contributed by atoms with Gasteiger partial charge in [0, 0.05) is 32.6 Å². The fourth-order valence-corrected chi connectivity index (χ4v) is 4.31. The number of carbonyl (C=O) groups excluding carboxylic acids is 1. The van der Waals surface area contributed by atoms with Crippen molar-refractivity contribution in [2.75, 3.05) is 44.3 Å². The van der Waals surface area contributed by atoms with Gasteiger partial charge in [0.25, 0.3) is 0 Å². The van der Waals surface area contributed by atoms with Gasteiger partial charge >= 0.3 is 0 Å². The molecule has 1 saturated heterocycles. The molecule has 0 radical (unpaired) electrons. The molecule has 1 fully saturated rings. The molecule has 2 aromatic rings. The number of thiazole rings is 1. The number of carbonyl (C=O) groups is 1. The molecule has 0 unspecified atom stereocenters. The minimum Gasteiger partial charge on any atom is -0.379 e. The van der Waals surface area contributed by atoms with Crippen LogP contribution in [0.4, 0.5) is 5.13 Å². The number of morpholine rings is 1. The first-order chi connectivity index (χ1) is 12.1. The fourth-order valence-electron chi connectivity index (χ4n) is 2.95. The SMILES string of the molecule is CCCC(=O)N(CCN1CCOCC1)c1nc2c(C)ccc(Cl)c2s1. The predicted molar refractivity (Wildman–Crippen MR) is 104 cm³/mol. The third-order valence-electron chi connectivity index (χ3n) is 4.43. The van der Waals surface area contributed by atoms with Crippen LogP contribution in [0.15, 0.2) is 12.1 Å². The summed E-state index contributed by atoms with van der Waals surface area (Å²) in [5, 5.41) is 1.44. The highest BCUT2D eigenvalue weighted by atomic mass is 35.5. The van der Waals surface area contributed by atoms with E-state index in [-0.39, 0.29) is 5.91 Å². The average Bonchev–Trinajstić information content (AvgIpc) is 3.06. The molecule has 25 heavy (non-hydrogen) atoms. The zero-order valence-electron chi connectivity index (χ0n) is 14.8. The van der Waals surface area contributed by atoms with Crippen molar-refractivity contribution in [1.82, 2.24) is 9.88 Å². The Morgan fingerprint density at radius 1 is 1.40 bits per heavy atom. The van der Waals surface area contributed by atoms with E-state index in [0.29, 0.717) is 18.0 Å². The van der Waals surface area contributed by atoms with Crippen molar-refractivity contribution in [3.8, 4) is 0 Å². The third kappa shape index (κ3) is 4.31. The number of rotatable bonds is 6. The molecule has 3 rings (SSSR count). The molecule has 1 aromatic heterocycles. The number of aromatic nitrogens is 1. The van der Waals surface area contributed by atoms with E-state index in [0.717, 1.165) is 60.2 Å². The number of benzene rings is 1. The topological polar surface area (TPSA) is 45.7 Å². The van der Waals surface area contributed by atoms with Gasteiger partial charge in [0.1, 0.15) is 0 Å². The fraction of sp³-hybridized carbons (Fsp3) is 0.556. The van der Waals surface area contributed by atoms with Crippen LogP contribution in [-0.2, 0) is 9.53 Å². The lowest BCUT2D eigenvalue weighted by Gasteiger charge is -2.29. The molecule has 5 nitrogen and oxygen atoms in total. The van der Waals surface area contributed by atoms with Gasteiger partial charge in [0.05, 0.1) is 28.5 Å². The van der Waals surface area contributed by atoms with E-state index >= 15 is 0 Å². The molecule has 7 heteroatoms. The lowest BCUT2D eigenvalue weighted by Crippen LogP contribution is -2.43. The Morgan fingerprint density at radius 3 is 2.84 bits per heavy atom. The summed E-state index contributed by atoms with van der Waals surface area (Å²) in [4.78, 5) is 21.6. The van der Waals surface area contributed by atoms with Gasteiger partial charge in [-0.05, 0) is 25.0 Å². The van der Waals surface area contributed by atoms with E-state index in [1.807, 2.05) is 30.9 Å². The number of hydrogen-bond donors (Lipinski definition) is 0. The number of anilines is 1. The van der Waals surface area contributed by atoms with Crippen LogP contribution in [0, 0.1) is 6.92 Å². The molecular formula is C18H24ClN3O2S. The quantitative estimate of drug-likeness (QED) is 0.765. The van der Waals surface area contributed by atoms with Crippen LogP contribution in [0.5, 0.6) is 0 Å². The minimum atomic E-state index is 0.128. The standard InChI is InChI=1S/C18H24ClN3O2S/c1-3-4-15(23)22(8-7-21-9-11-24-12-10-21)18-20-16-13(2)5-6-14(19)17(16)25-18/h5-6H,3-4,7-12H2,1-2H3. The molecule has 1 aliphatic heterocycles. The van der Waals surface area contributed by atoms with Crippen LogP contribution < -0.4 is 4.90 Å². The third-order valence-corrected chi connectivity index (χ3v) is 5.96. The van der Waals surface area contributed by atoms with Crippen molar-refractivity contribution in [2.45, 2.75) is 26.7 Å². The molecule has 0 atom stereocenters. The van der Waals surface area contributed by atoms with Gasteiger partial charge in [-0.15, -0.1) is 0 Å². The van der Waals surface area contributed by atoms with Gasteiger partial charge in [-0.3, -0.25) is 14.6 Å². The lowest BCUT2D eigenvalue weighted by molar-refractivity contribution is -0.118. The first kappa shape index (κ1) is 18.6.